The van der Waals surface area contributed by atoms with Crippen LogP contribution in [0.3, 0.4) is 0 Å². The van der Waals surface area contributed by atoms with Crippen molar-refractivity contribution in [2.45, 2.75) is 30.4 Å². The highest BCUT2D eigenvalue weighted by molar-refractivity contribution is 7.90. The van der Waals surface area contributed by atoms with Crippen LogP contribution in [-0.2, 0) is 22.0 Å². The van der Waals surface area contributed by atoms with Gasteiger partial charge in [-0.05, 0) is 43.0 Å². The van der Waals surface area contributed by atoms with Crippen LogP contribution in [0, 0.1) is 6.92 Å². The van der Waals surface area contributed by atoms with Crippen LogP contribution < -0.4 is 11.2 Å². The Bertz CT molecular complexity index is 916. The molecule has 0 bridgehead atoms. The number of H-pyrrole nitrogens is 2. The normalized spacial score (nSPS) is 11.6. The van der Waals surface area contributed by atoms with Gasteiger partial charge in [-0.25, -0.2) is 13.2 Å². The van der Waals surface area contributed by atoms with Crippen LogP contribution in [-0.4, -0.2) is 24.3 Å². The minimum atomic E-state index is -3.69. The van der Waals surface area contributed by atoms with E-state index in [9.17, 15) is 18.0 Å². The summed E-state index contributed by atoms with van der Waals surface area (Å²) in [4.78, 5) is 27.1. The Kier molecular flexibility index (Phi) is 5.43. The molecular formula is C15H17ClN2O4S. The average molecular weight is 357 g/mol. The summed E-state index contributed by atoms with van der Waals surface area (Å²) >= 11 is 5.69. The first-order chi connectivity index (χ1) is 10.8. The summed E-state index contributed by atoms with van der Waals surface area (Å²) < 4.78 is 25.0. The van der Waals surface area contributed by atoms with E-state index in [4.69, 9.17) is 11.6 Å². The fourth-order valence-corrected chi connectivity index (χ4v) is 3.72. The first-order valence-electron chi connectivity index (χ1n) is 7.02. The lowest BCUT2D eigenvalue weighted by Gasteiger charge is -2.09. The molecule has 0 unspecified atom stereocenters. The summed E-state index contributed by atoms with van der Waals surface area (Å²) in [5.41, 5.74) is 0.534. The largest absolute Gasteiger partial charge is 0.325 e. The van der Waals surface area contributed by atoms with Crippen molar-refractivity contribution in [2.75, 3.05) is 5.88 Å². The monoisotopic (exact) mass is 356 g/mol. The number of hydrogen-bond acceptors (Lipinski definition) is 4. The van der Waals surface area contributed by atoms with Crippen LogP contribution in [0.5, 0.6) is 0 Å². The number of rotatable bonds is 6. The van der Waals surface area contributed by atoms with E-state index >= 15 is 0 Å². The molecule has 0 saturated heterocycles. The zero-order valence-electron chi connectivity index (χ0n) is 12.6. The third-order valence-electron chi connectivity index (χ3n) is 3.50. The topological polar surface area (TPSA) is 99.9 Å². The molecule has 2 rings (SSSR count). The highest BCUT2D eigenvalue weighted by Gasteiger charge is 2.18. The lowest BCUT2D eigenvalue weighted by Crippen LogP contribution is -2.26. The Balaban J connectivity index is 2.35. The average Bonchev–Trinajstić information content (AvgIpc) is 2.49. The molecule has 1 aromatic heterocycles. The lowest BCUT2D eigenvalue weighted by molar-refractivity contribution is 0.594. The number of sulfone groups is 1. The highest BCUT2D eigenvalue weighted by atomic mass is 35.5. The van der Waals surface area contributed by atoms with Crippen LogP contribution in [0.1, 0.15) is 23.1 Å². The molecule has 1 aromatic carbocycles. The third-order valence-corrected chi connectivity index (χ3v) is 5.43. The molecule has 1 heterocycles. The molecule has 2 N–H and O–H groups in total. The van der Waals surface area contributed by atoms with E-state index in [1.54, 1.807) is 12.1 Å². The quantitative estimate of drug-likeness (QED) is 0.766. The molecule has 0 aliphatic carbocycles. The van der Waals surface area contributed by atoms with Crippen LogP contribution in [0.15, 0.2) is 38.9 Å². The number of aromatic amines is 2. The number of aromatic nitrogens is 2. The van der Waals surface area contributed by atoms with Gasteiger partial charge in [0, 0.05) is 17.6 Å². The van der Waals surface area contributed by atoms with E-state index in [1.807, 2.05) is 11.9 Å². The van der Waals surface area contributed by atoms with Crippen molar-refractivity contribution >= 4 is 21.4 Å². The Labute approximate surface area is 138 Å². The van der Waals surface area contributed by atoms with E-state index in [0.29, 0.717) is 12.3 Å². The van der Waals surface area contributed by atoms with Crippen molar-refractivity contribution in [2.24, 2.45) is 0 Å². The van der Waals surface area contributed by atoms with Gasteiger partial charge in [-0.15, -0.1) is 11.6 Å². The van der Waals surface area contributed by atoms with Crippen molar-refractivity contribution < 1.29 is 8.42 Å². The molecule has 0 saturated carbocycles. The van der Waals surface area contributed by atoms with Crippen LogP contribution in [0.2, 0.25) is 0 Å². The zero-order chi connectivity index (χ0) is 17.0. The molecular weight excluding hydrogens is 340 g/mol. The van der Waals surface area contributed by atoms with Crippen molar-refractivity contribution in [3.63, 3.8) is 0 Å². The maximum Gasteiger partial charge on any atom is 0.325 e. The first-order valence-corrected chi connectivity index (χ1v) is 9.21. The highest BCUT2D eigenvalue weighted by Crippen LogP contribution is 2.20. The summed E-state index contributed by atoms with van der Waals surface area (Å²) in [5.74, 6) is 0.0281. The van der Waals surface area contributed by atoms with Gasteiger partial charge in [0.05, 0.1) is 10.6 Å². The fraction of sp³-hybridized carbons (Fsp3) is 0.333. The van der Waals surface area contributed by atoms with Crippen molar-refractivity contribution in [3.05, 3.63) is 61.9 Å². The van der Waals surface area contributed by atoms with Gasteiger partial charge in [0.2, 0.25) is 0 Å². The zero-order valence-corrected chi connectivity index (χ0v) is 14.1. The predicted molar refractivity (Wildman–Crippen MR) is 88.8 cm³/mol. The molecule has 0 fully saturated rings. The van der Waals surface area contributed by atoms with Gasteiger partial charge in [0.15, 0.2) is 9.84 Å². The first kappa shape index (κ1) is 17.5. The number of nitrogens with one attached hydrogen (secondary N) is 2. The van der Waals surface area contributed by atoms with Gasteiger partial charge >= 0.3 is 5.69 Å². The Morgan fingerprint density at radius 1 is 1.17 bits per heavy atom. The molecule has 8 heteroatoms. The van der Waals surface area contributed by atoms with Crippen molar-refractivity contribution in [3.8, 4) is 0 Å². The maximum absolute atomic E-state index is 12.5. The van der Waals surface area contributed by atoms with Gasteiger partial charge < -0.3 is 4.98 Å². The van der Waals surface area contributed by atoms with Gasteiger partial charge in [0.1, 0.15) is 0 Å². The molecule has 2 aromatic rings. The second-order valence-corrected chi connectivity index (χ2v) is 7.60. The van der Waals surface area contributed by atoms with Crippen LogP contribution in [0.25, 0.3) is 0 Å². The molecule has 0 radical (unpaired) electrons. The summed E-state index contributed by atoms with van der Waals surface area (Å²) in [6.45, 7) is 1.91. The van der Waals surface area contributed by atoms with Gasteiger partial charge in [-0.3, -0.25) is 9.78 Å². The predicted octanol–water partition coefficient (Wildman–Crippen LogP) is 1.52. The molecule has 0 aliphatic rings. The lowest BCUT2D eigenvalue weighted by atomic mass is 10.0. The van der Waals surface area contributed by atoms with Crippen LogP contribution >= 0.6 is 11.6 Å². The van der Waals surface area contributed by atoms with E-state index < -0.39 is 26.8 Å². The van der Waals surface area contributed by atoms with E-state index in [-0.39, 0.29) is 10.5 Å². The molecule has 23 heavy (non-hydrogen) atoms. The summed E-state index contributed by atoms with van der Waals surface area (Å²) in [5, 5.41) is 0. The molecule has 0 aliphatic heterocycles. The minimum Gasteiger partial charge on any atom is -0.314 e. The minimum absolute atomic E-state index is 0.00696. The van der Waals surface area contributed by atoms with Crippen molar-refractivity contribution in [1.82, 2.24) is 9.97 Å². The molecule has 124 valence electrons. The standard InChI is InChI=1S/C15H17ClN2O4S/c1-10-4-5-13(7-11(10)3-2-6-16)23(21,22)9-12-8-17-15(20)18-14(12)19/h4-5,7-8H,2-3,6,9H2,1H3,(H2,17,18,19,20). The number of benzene rings is 1. The molecule has 0 spiro atoms. The number of hydrogen-bond donors (Lipinski definition) is 2. The van der Waals surface area contributed by atoms with Gasteiger partial charge in [-0.1, -0.05) is 6.07 Å². The number of alkyl halides is 1. The second kappa shape index (κ2) is 7.14. The van der Waals surface area contributed by atoms with E-state index in [1.165, 1.54) is 6.07 Å². The Morgan fingerprint density at radius 2 is 1.91 bits per heavy atom. The summed E-state index contributed by atoms with van der Waals surface area (Å²) in [6, 6.07) is 4.89. The second-order valence-electron chi connectivity index (χ2n) is 5.24. The molecule has 0 atom stereocenters. The van der Waals surface area contributed by atoms with Crippen molar-refractivity contribution in [1.29, 1.82) is 0 Å². The summed E-state index contributed by atoms with van der Waals surface area (Å²) in [7, 11) is -3.69. The smallest absolute Gasteiger partial charge is 0.314 e. The Morgan fingerprint density at radius 3 is 2.57 bits per heavy atom. The summed E-state index contributed by atoms with van der Waals surface area (Å²) in [6.07, 6.45) is 2.57. The number of aryl methyl sites for hydroxylation is 2. The number of halogens is 1. The maximum atomic E-state index is 12.5. The van der Waals surface area contributed by atoms with Crippen LogP contribution in [0.4, 0.5) is 0 Å². The van der Waals surface area contributed by atoms with E-state index in [0.717, 1.165) is 23.7 Å². The SMILES string of the molecule is Cc1ccc(S(=O)(=O)Cc2c[nH]c(=O)[nH]c2=O)cc1CCCCl. The third kappa shape index (κ3) is 4.33. The Hall–Kier alpha value is -1.86. The molecule has 6 nitrogen and oxygen atoms in total. The van der Waals surface area contributed by atoms with Gasteiger partial charge in [0.25, 0.3) is 5.56 Å². The molecule has 0 amide bonds. The van der Waals surface area contributed by atoms with E-state index in [2.05, 4.69) is 4.98 Å². The fourth-order valence-electron chi connectivity index (χ4n) is 2.20. The van der Waals surface area contributed by atoms with Gasteiger partial charge in [-0.2, -0.15) is 0 Å².